The van der Waals surface area contributed by atoms with Crippen LogP contribution in [-0.2, 0) is 16.4 Å². The third-order valence-electron chi connectivity index (χ3n) is 5.43. The molecular formula is C22H29N3O3S2. The summed E-state index contributed by atoms with van der Waals surface area (Å²) in [5.74, 6) is 0.218. The molecule has 1 saturated heterocycles. The van der Waals surface area contributed by atoms with E-state index in [1.807, 2.05) is 29.4 Å². The second kappa shape index (κ2) is 10.4. The zero-order valence-corrected chi connectivity index (χ0v) is 19.1. The lowest BCUT2D eigenvalue weighted by Crippen LogP contribution is -2.41. The number of pyridine rings is 1. The van der Waals surface area contributed by atoms with Gasteiger partial charge in [-0.05, 0) is 61.3 Å². The average Bonchev–Trinajstić information content (AvgIpc) is 2.78. The van der Waals surface area contributed by atoms with E-state index in [4.69, 9.17) is 0 Å². The van der Waals surface area contributed by atoms with Gasteiger partial charge in [-0.25, -0.2) is 18.1 Å². The summed E-state index contributed by atoms with van der Waals surface area (Å²) < 4.78 is 27.9. The van der Waals surface area contributed by atoms with Crippen molar-refractivity contribution in [3.8, 4) is 0 Å². The second-order valence-electron chi connectivity index (χ2n) is 7.54. The van der Waals surface area contributed by atoms with Crippen LogP contribution >= 0.6 is 11.8 Å². The van der Waals surface area contributed by atoms with Crippen LogP contribution in [-0.4, -0.2) is 50.1 Å². The zero-order valence-electron chi connectivity index (χ0n) is 17.5. The first-order valence-electron chi connectivity index (χ1n) is 10.3. The summed E-state index contributed by atoms with van der Waals surface area (Å²) >= 11 is 1.47. The number of likely N-dealkylation sites (tertiary alicyclic amines) is 1. The summed E-state index contributed by atoms with van der Waals surface area (Å²) in [6, 6.07) is 10.7. The molecule has 0 atom stereocenters. The molecule has 0 unspecified atom stereocenters. The molecule has 0 spiro atoms. The van der Waals surface area contributed by atoms with Gasteiger partial charge in [-0.15, -0.1) is 11.8 Å². The van der Waals surface area contributed by atoms with Gasteiger partial charge in [0.15, 0.2) is 0 Å². The zero-order chi connectivity index (χ0) is 21.6. The fourth-order valence-electron chi connectivity index (χ4n) is 3.66. The lowest BCUT2D eigenvalue weighted by Gasteiger charge is -2.32. The molecule has 1 N–H and O–H groups in total. The number of nitrogens with zero attached hydrogens (tertiary/aromatic N) is 2. The molecular weight excluding hydrogens is 418 g/mol. The van der Waals surface area contributed by atoms with Gasteiger partial charge in [0.2, 0.25) is 10.0 Å². The minimum atomic E-state index is -3.51. The molecule has 2 heterocycles. The van der Waals surface area contributed by atoms with E-state index in [1.54, 1.807) is 24.4 Å². The number of amides is 1. The number of hydrogen-bond donors (Lipinski definition) is 1. The third kappa shape index (κ3) is 5.62. The minimum absolute atomic E-state index is 0.00125. The Kier molecular flexibility index (Phi) is 7.91. The van der Waals surface area contributed by atoms with Gasteiger partial charge >= 0.3 is 0 Å². The van der Waals surface area contributed by atoms with Gasteiger partial charge in [0.25, 0.3) is 5.91 Å². The number of piperidine rings is 1. The van der Waals surface area contributed by atoms with Crippen LogP contribution < -0.4 is 4.72 Å². The minimum Gasteiger partial charge on any atom is -0.339 e. The van der Waals surface area contributed by atoms with Crippen LogP contribution in [0.5, 0.6) is 0 Å². The van der Waals surface area contributed by atoms with Gasteiger partial charge in [-0.1, -0.05) is 25.5 Å². The molecule has 6 nitrogen and oxygen atoms in total. The normalized spacial score (nSPS) is 15.3. The third-order valence-corrected chi connectivity index (χ3v) is 7.58. The van der Waals surface area contributed by atoms with Gasteiger partial charge in [0.05, 0.1) is 10.5 Å². The largest absolute Gasteiger partial charge is 0.339 e. The molecule has 1 aromatic heterocycles. The van der Waals surface area contributed by atoms with E-state index in [1.165, 1.54) is 11.8 Å². The maximum Gasteiger partial charge on any atom is 0.256 e. The van der Waals surface area contributed by atoms with Gasteiger partial charge in [-0.2, -0.15) is 0 Å². The summed E-state index contributed by atoms with van der Waals surface area (Å²) in [4.78, 5) is 19.2. The molecule has 0 bridgehead atoms. The summed E-state index contributed by atoms with van der Waals surface area (Å²) in [5, 5.41) is 0.738. The number of carbonyl (C=O) groups excluding carboxylic acids is 1. The molecule has 1 aliphatic heterocycles. The molecule has 1 aliphatic rings. The fourth-order valence-corrected chi connectivity index (χ4v) is 5.32. The highest BCUT2D eigenvalue weighted by molar-refractivity contribution is 7.98. The Hall–Kier alpha value is -1.90. The van der Waals surface area contributed by atoms with Crippen LogP contribution in [0.15, 0.2) is 52.5 Å². The SMILES string of the molecule is CCCc1ccc(S(=O)(=O)NCC2CCN(C(=O)c3cccnc3SC)CC2)cc1. The lowest BCUT2D eigenvalue weighted by molar-refractivity contribution is 0.0687. The number of benzene rings is 1. The van der Waals surface area contributed by atoms with E-state index < -0.39 is 10.0 Å². The molecule has 30 heavy (non-hydrogen) atoms. The van der Waals surface area contributed by atoms with Crippen LogP contribution in [0.4, 0.5) is 0 Å². The quantitative estimate of drug-likeness (QED) is 0.626. The highest BCUT2D eigenvalue weighted by Gasteiger charge is 2.26. The standard InChI is InChI=1S/C22H29N3O3S2/c1-3-5-17-7-9-19(10-8-17)30(27,28)24-16-18-11-14-25(15-12-18)22(26)20-6-4-13-23-21(20)29-2/h4,6-10,13,18,24H,3,5,11-12,14-16H2,1-2H3. The Morgan fingerprint density at radius 1 is 1.20 bits per heavy atom. The summed E-state index contributed by atoms with van der Waals surface area (Å²) in [6.45, 7) is 3.74. The summed E-state index contributed by atoms with van der Waals surface area (Å²) in [5.41, 5.74) is 1.78. The Morgan fingerprint density at radius 2 is 1.90 bits per heavy atom. The van der Waals surface area contributed by atoms with Crippen LogP contribution in [0, 0.1) is 5.92 Å². The van der Waals surface area contributed by atoms with E-state index in [0.717, 1.165) is 36.3 Å². The Bertz CT molecular complexity index is 954. The van der Waals surface area contributed by atoms with Gasteiger partial charge in [0.1, 0.15) is 5.03 Å². The van der Waals surface area contributed by atoms with Gasteiger partial charge in [-0.3, -0.25) is 4.79 Å². The Balaban J connectivity index is 1.52. The van der Waals surface area contributed by atoms with Crippen molar-refractivity contribution in [1.82, 2.24) is 14.6 Å². The number of hydrogen-bond acceptors (Lipinski definition) is 5. The molecule has 1 fully saturated rings. The topological polar surface area (TPSA) is 79.4 Å². The number of thioether (sulfide) groups is 1. The maximum absolute atomic E-state index is 12.8. The molecule has 0 radical (unpaired) electrons. The maximum atomic E-state index is 12.8. The molecule has 0 aliphatic carbocycles. The number of carbonyl (C=O) groups is 1. The number of aryl methyl sites for hydroxylation is 1. The van der Waals surface area contributed by atoms with Crippen LogP contribution in [0.1, 0.15) is 42.1 Å². The first-order chi connectivity index (χ1) is 14.4. The van der Waals surface area contributed by atoms with E-state index >= 15 is 0 Å². The Labute approximate surface area is 183 Å². The van der Waals surface area contributed by atoms with Crippen molar-refractivity contribution in [1.29, 1.82) is 0 Å². The highest BCUT2D eigenvalue weighted by atomic mass is 32.2. The van der Waals surface area contributed by atoms with E-state index in [-0.39, 0.29) is 11.8 Å². The fraction of sp³-hybridized carbons (Fsp3) is 0.455. The monoisotopic (exact) mass is 447 g/mol. The molecule has 1 aromatic carbocycles. The van der Waals surface area contributed by atoms with E-state index in [0.29, 0.717) is 30.1 Å². The van der Waals surface area contributed by atoms with Crippen molar-refractivity contribution < 1.29 is 13.2 Å². The number of nitrogens with one attached hydrogen (secondary N) is 1. The summed E-state index contributed by atoms with van der Waals surface area (Å²) in [7, 11) is -3.51. The average molecular weight is 448 g/mol. The smallest absolute Gasteiger partial charge is 0.256 e. The van der Waals surface area contributed by atoms with Gasteiger partial charge in [0, 0.05) is 25.8 Å². The molecule has 2 aromatic rings. The lowest BCUT2D eigenvalue weighted by atomic mass is 9.97. The predicted molar refractivity (Wildman–Crippen MR) is 120 cm³/mol. The number of aromatic nitrogens is 1. The second-order valence-corrected chi connectivity index (χ2v) is 10.1. The molecule has 8 heteroatoms. The van der Waals surface area contributed by atoms with Crippen LogP contribution in [0.3, 0.4) is 0 Å². The van der Waals surface area contributed by atoms with Crippen molar-refractivity contribution >= 4 is 27.7 Å². The first-order valence-corrected chi connectivity index (χ1v) is 13.0. The molecule has 3 rings (SSSR count). The van der Waals surface area contributed by atoms with Crippen LogP contribution in [0.25, 0.3) is 0 Å². The van der Waals surface area contributed by atoms with Crippen molar-refractivity contribution in [3.63, 3.8) is 0 Å². The predicted octanol–water partition coefficient (Wildman–Crippen LogP) is 3.59. The van der Waals surface area contributed by atoms with E-state index in [2.05, 4.69) is 16.6 Å². The molecule has 0 saturated carbocycles. The molecule has 1 amide bonds. The summed E-state index contributed by atoms with van der Waals surface area (Å²) in [6.07, 6.45) is 7.14. The van der Waals surface area contributed by atoms with Crippen molar-refractivity contribution in [3.05, 3.63) is 53.7 Å². The van der Waals surface area contributed by atoms with Crippen LogP contribution in [0.2, 0.25) is 0 Å². The van der Waals surface area contributed by atoms with Crippen molar-refractivity contribution in [2.75, 3.05) is 25.9 Å². The highest BCUT2D eigenvalue weighted by Crippen LogP contribution is 2.23. The number of sulfonamides is 1. The number of rotatable bonds is 8. The van der Waals surface area contributed by atoms with Crippen molar-refractivity contribution in [2.45, 2.75) is 42.5 Å². The van der Waals surface area contributed by atoms with E-state index in [9.17, 15) is 13.2 Å². The van der Waals surface area contributed by atoms with Crippen molar-refractivity contribution in [2.24, 2.45) is 5.92 Å². The first kappa shape index (κ1) is 22.8. The van der Waals surface area contributed by atoms with Gasteiger partial charge < -0.3 is 4.90 Å². The molecule has 162 valence electrons. The Morgan fingerprint density at radius 3 is 2.53 bits per heavy atom.